The Morgan fingerprint density at radius 1 is 0.781 bits per heavy atom. The van der Waals surface area contributed by atoms with Gasteiger partial charge in [-0.1, -0.05) is 23.8 Å². The minimum Gasteiger partial charge on any atom is -0.508 e. The lowest BCUT2D eigenvalue weighted by molar-refractivity contribution is 0.335. The Kier molecular flexibility index (Phi) is 7.15. The van der Waals surface area contributed by atoms with Gasteiger partial charge in [0, 0.05) is 5.56 Å². The molecule has 6 heteroatoms. The molecule has 2 N–H and O–H groups in total. The molecule has 3 aromatic rings. The van der Waals surface area contributed by atoms with Gasteiger partial charge in [-0.05, 0) is 61.4 Å². The molecule has 0 aromatic heterocycles. The van der Waals surface area contributed by atoms with Gasteiger partial charge in [-0.2, -0.15) is 0 Å². The van der Waals surface area contributed by atoms with Crippen LogP contribution < -0.4 is 18.9 Å². The third-order valence-corrected chi connectivity index (χ3v) is 4.98. The SMILES string of the molecule is COc1cc(-c2ccc(O)cc2)c(OC)c(OC)c1-c1ccc(OCC=C(C)C)c(O)c1. The second kappa shape index (κ2) is 10.0. The van der Waals surface area contributed by atoms with E-state index < -0.39 is 0 Å². The van der Waals surface area contributed by atoms with Crippen LogP contribution in [0.15, 0.2) is 60.2 Å². The lowest BCUT2D eigenvalue weighted by atomic mass is 9.96. The summed E-state index contributed by atoms with van der Waals surface area (Å²) in [7, 11) is 4.69. The van der Waals surface area contributed by atoms with E-state index in [-0.39, 0.29) is 11.5 Å². The number of ether oxygens (including phenoxy) is 4. The van der Waals surface area contributed by atoms with E-state index in [0.29, 0.717) is 40.7 Å². The molecule has 0 atom stereocenters. The first kappa shape index (κ1) is 22.9. The van der Waals surface area contributed by atoms with Crippen molar-refractivity contribution in [3.05, 3.63) is 60.2 Å². The van der Waals surface area contributed by atoms with Gasteiger partial charge in [-0.15, -0.1) is 0 Å². The lowest BCUT2D eigenvalue weighted by Crippen LogP contribution is -2.00. The van der Waals surface area contributed by atoms with E-state index in [1.807, 2.05) is 32.1 Å². The third-order valence-electron chi connectivity index (χ3n) is 4.98. The van der Waals surface area contributed by atoms with Crippen molar-refractivity contribution in [2.45, 2.75) is 13.8 Å². The van der Waals surface area contributed by atoms with Crippen molar-refractivity contribution >= 4 is 0 Å². The molecule has 0 saturated carbocycles. The monoisotopic (exact) mass is 436 g/mol. The molecule has 0 saturated heterocycles. The van der Waals surface area contributed by atoms with Crippen LogP contribution in [0.5, 0.6) is 34.5 Å². The zero-order valence-corrected chi connectivity index (χ0v) is 18.9. The first-order chi connectivity index (χ1) is 15.4. The fraction of sp³-hybridized carbons (Fsp3) is 0.231. The van der Waals surface area contributed by atoms with Crippen LogP contribution in [0.1, 0.15) is 13.8 Å². The largest absolute Gasteiger partial charge is 0.508 e. The lowest BCUT2D eigenvalue weighted by Gasteiger charge is -2.20. The maximum Gasteiger partial charge on any atom is 0.172 e. The summed E-state index contributed by atoms with van der Waals surface area (Å²) in [5.41, 5.74) is 4.03. The number of hydrogen-bond donors (Lipinski definition) is 2. The van der Waals surface area contributed by atoms with Crippen molar-refractivity contribution in [1.82, 2.24) is 0 Å². The normalized spacial score (nSPS) is 10.4. The number of rotatable bonds is 8. The van der Waals surface area contributed by atoms with Crippen LogP contribution in [0, 0.1) is 0 Å². The van der Waals surface area contributed by atoms with Gasteiger partial charge >= 0.3 is 0 Å². The second-order valence-corrected chi connectivity index (χ2v) is 7.39. The van der Waals surface area contributed by atoms with Gasteiger partial charge in [-0.3, -0.25) is 0 Å². The van der Waals surface area contributed by atoms with E-state index in [1.165, 1.54) is 0 Å². The van der Waals surface area contributed by atoms with E-state index in [9.17, 15) is 10.2 Å². The summed E-state index contributed by atoms with van der Waals surface area (Å²) in [4.78, 5) is 0. The molecule has 0 aliphatic carbocycles. The van der Waals surface area contributed by atoms with Gasteiger partial charge in [-0.25, -0.2) is 0 Å². The van der Waals surface area contributed by atoms with Gasteiger partial charge in [0.25, 0.3) is 0 Å². The van der Waals surface area contributed by atoms with Crippen molar-refractivity contribution in [2.24, 2.45) is 0 Å². The average Bonchev–Trinajstić information content (AvgIpc) is 2.78. The van der Waals surface area contributed by atoms with Gasteiger partial charge in [0.15, 0.2) is 23.0 Å². The fourth-order valence-corrected chi connectivity index (χ4v) is 3.40. The Hall–Kier alpha value is -3.80. The Morgan fingerprint density at radius 3 is 2.00 bits per heavy atom. The van der Waals surface area contributed by atoms with E-state index in [4.69, 9.17) is 18.9 Å². The highest BCUT2D eigenvalue weighted by atomic mass is 16.5. The minimum absolute atomic E-state index is 0.00957. The fourth-order valence-electron chi connectivity index (χ4n) is 3.40. The minimum atomic E-state index is 0.00957. The van der Waals surface area contributed by atoms with Crippen LogP contribution >= 0.6 is 0 Å². The molecule has 0 aliphatic rings. The molecular weight excluding hydrogens is 408 g/mol. The van der Waals surface area contributed by atoms with Gasteiger partial charge < -0.3 is 29.2 Å². The second-order valence-electron chi connectivity index (χ2n) is 7.39. The maximum absolute atomic E-state index is 10.5. The molecule has 3 aromatic carbocycles. The molecular formula is C26H28O6. The van der Waals surface area contributed by atoms with Crippen LogP contribution in [0.2, 0.25) is 0 Å². The first-order valence-electron chi connectivity index (χ1n) is 10.1. The molecule has 0 amide bonds. The van der Waals surface area contributed by atoms with E-state index in [1.54, 1.807) is 57.7 Å². The topological polar surface area (TPSA) is 77.4 Å². The quantitative estimate of drug-likeness (QED) is 0.435. The summed E-state index contributed by atoms with van der Waals surface area (Å²) < 4.78 is 22.8. The van der Waals surface area contributed by atoms with E-state index in [2.05, 4.69) is 0 Å². The van der Waals surface area contributed by atoms with Crippen LogP contribution in [-0.2, 0) is 0 Å². The number of benzene rings is 3. The van der Waals surface area contributed by atoms with Crippen molar-refractivity contribution in [3.63, 3.8) is 0 Å². The van der Waals surface area contributed by atoms with E-state index in [0.717, 1.165) is 16.7 Å². The van der Waals surface area contributed by atoms with Crippen LogP contribution in [0.25, 0.3) is 22.3 Å². The highest BCUT2D eigenvalue weighted by Gasteiger charge is 2.23. The van der Waals surface area contributed by atoms with Crippen molar-refractivity contribution in [1.29, 1.82) is 0 Å². The molecule has 0 heterocycles. The molecule has 0 radical (unpaired) electrons. The third kappa shape index (κ3) is 4.75. The Bertz CT molecular complexity index is 1110. The molecule has 0 spiro atoms. The summed E-state index contributed by atoms with van der Waals surface area (Å²) in [5.74, 6) is 2.09. The number of aromatic hydroxyl groups is 2. The Morgan fingerprint density at radius 2 is 1.44 bits per heavy atom. The molecule has 0 aliphatic heterocycles. The first-order valence-corrected chi connectivity index (χ1v) is 10.1. The maximum atomic E-state index is 10.5. The molecule has 0 bridgehead atoms. The van der Waals surface area contributed by atoms with Crippen LogP contribution in [0.3, 0.4) is 0 Å². The highest BCUT2D eigenvalue weighted by Crippen LogP contribution is 2.51. The molecule has 6 nitrogen and oxygen atoms in total. The smallest absolute Gasteiger partial charge is 0.172 e. The molecule has 168 valence electrons. The highest BCUT2D eigenvalue weighted by molar-refractivity contribution is 5.88. The van der Waals surface area contributed by atoms with Crippen molar-refractivity contribution < 1.29 is 29.2 Å². The van der Waals surface area contributed by atoms with Gasteiger partial charge in [0.2, 0.25) is 0 Å². The van der Waals surface area contributed by atoms with Gasteiger partial charge in [0.1, 0.15) is 18.1 Å². The van der Waals surface area contributed by atoms with Crippen LogP contribution in [-0.4, -0.2) is 38.1 Å². The van der Waals surface area contributed by atoms with Crippen molar-refractivity contribution in [2.75, 3.05) is 27.9 Å². The summed E-state index contributed by atoms with van der Waals surface area (Å²) in [6.45, 7) is 4.34. The molecule has 0 unspecified atom stereocenters. The Labute approximate surface area is 188 Å². The number of phenols is 2. The van der Waals surface area contributed by atoms with Crippen LogP contribution in [0.4, 0.5) is 0 Å². The summed E-state index contributed by atoms with van der Waals surface area (Å²) in [6, 6.07) is 13.8. The molecule has 32 heavy (non-hydrogen) atoms. The number of hydrogen-bond acceptors (Lipinski definition) is 6. The zero-order chi connectivity index (χ0) is 23.3. The van der Waals surface area contributed by atoms with E-state index >= 15 is 0 Å². The summed E-state index contributed by atoms with van der Waals surface area (Å²) in [5, 5.41) is 20.2. The number of phenolic OH excluding ortho intramolecular Hbond substituents is 2. The summed E-state index contributed by atoms with van der Waals surface area (Å²) in [6.07, 6.45) is 1.94. The zero-order valence-electron chi connectivity index (χ0n) is 18.9. The number of allylic oxidation sites excluding steroid dienone is 1. The standard InChI is InChI=1S/C26H28O6/c1-16(2)12-13-32-22-11-8-18(14-21(22)28)24-23(29-3)15-20(25(30-4)26(24)31-5)17-6-9-19(27)10-7-17/h6-12,14-15,27-28H,13H2,1-5H3. The molecule has 0 fully saturated rings. The van der Waals surface area contributed by atoms with Gasteiger partial charge in [0.05, 0.1) is 26.9 Å². The van der Waals surface area contributed by atoms with Crippen molar-refractivity contribution in [3.8, 4) is 56.8 Å². The molecule has 3 rings (SSSR count). The Balaban J connectivity index is 2.13. The predicted molar refractivity (Wildman–Crippen MR) is 125 cm³/mol. The number of methoxy groups -OCH3 is 3. The predicted octanol–water partition coefficient (Wildman–Crippen LogP) is 5.80. The average molecular weight is 437 g/mol. The summed E-state index contributed by atoms with van der Waals surface area (Å²) >= 11 is 0.